The molecule has 0 N–H and O–H groups in total. The van der Waals surface area contributed by atoms with Crippen molar-refractivity contribution in [2.75, 3.05) is 0 Å². The SMILES string of the molecule is CC(C)C#Cc1ccc(-c2ccccc2)cc1. The van der Waals surface area contributed by atoms with Gasteiger partial charge in [-0.15, -0.1) is 0 Å². The molecule has 0 radical (unpaired) electrons. The van der Waals surface area contributed by atoms with E-state index in [1.165, 1.54) is 11.1 Å². The Morgan fingerprint density at radius 1 is 0.765 bits per heavy atom. The Balaban J connectivity index is 2.23. The third-order valence-electron chi connectivity index (χ3n) is 2.50. The Morgan fingerprint density at radius 3 is 1.94 bits per heavy atom. The fraction of sp³-hybridized carbons (Fsp3) is 0.176. The van der Waals surface area contributed by atoms with Crippen LogP contribution < -0.4 is 0 Å². The monoisotopic (exact) mass is 220 g/mol. The van der Waals surface area contributed by atoms with Gasteiger partial charge in [0, 0.05) is 11.5 Å². The van der Waals surface area contributed by atoms with Crippen LogP contribution in [0.1, 0.15) is 19.4 Å². The summed E-state index contributed by atoms with van der Waals surface area (Å²) in [5, 5.41) is 0. The average molecular weight is 220 g/mol. The van der Waals surface area contributed by atoms with Gasteiger partial charge in [-0.3, -0.25) is 0 Å². The van der Waals surface area contributed by atoms with Crippen LogP contribution >= 0.6 is 0 Å². The molecule has 2 aromatic rings. The van der Waals surface area contributed by atoms with Crippen molar-refractivity contribution < 1.29 is 0 Å². The van der Waals surface area contributed by atoms with Gasteiger partial charge in [0.25, 0.3) is 0 Å². The summed E-state index contributed by atoms with van der Waals surface area (Å²) in [4.78, 5) is 0. The van der Waals surface area contributed by atoms with E-state index < -0.39 is 0 Å². The molecule has 17 heavy (non-hydrogen) atoms. The zero-order chi connectivity index (χ0) is 12.1. The van der Waals surface area contributed by atoms with E-state index in [0.29, 0.717) is 5.92 Å². The van der Waals surface area contributed by atoms with Crippen LogP contribution in [0.4, 0.5) is 0 Å². The van der Waals surface area contributed by atoms with Crippen molar-refractivity contribution in [2.24, 2.45) is 5.92 Å². The first-order valence-electron chi connectivity index (χ1n) is 5.93. The van der Waals surface area contributed by atoms with Gasteiger partial charge >= 0.3 is 0 Å². The molecule has 0 bridgehead atoms. The first kappa shape index (κ1) is 11.5. The molecule has 0 aromatic heterocycles. The Labute approximate surface area is 103 Å². The highest BCUT2D eigenvalue weighted by atomic mass is 14.0. The molecule has 0 atom stereocenters. The Hall–Kier alpha value is -2.00. The number of hydrogen-bond acceptors (Lipinski definition) is 0. The maximum Gasteiger partial charge on any atom is 0.0245 e. The standard InChI is InChI=1S/C17H16/c1-14(2)8-9-15-10-12-17(13-11-15)16-6-4-3-5-7-16/h3-7,10-14H,1-2H3. The Kier molecular flexibility index (Phi) is 3.62. The third-order valence-corrected chi connectivity index (χ3v) is 2.50. The van der Waals surface area contributed by atoms with E-state index in [0.717, 1.165) is 5.56 Å². The fourth-order valence-electron chi connectivity index (χ4n) is 1.60. The molecule has 0 heteroatoms. The van der Waals surface area contributed by atoms with Crippen LogP contribution in [0, 0.1) is 17.8 Å². The molecule has 0 aliphatic rings. The fourth-order valence-corrected chi connectivity index (χ4v) is 1.60. The molecule has 0 aliphatic heterocycles. The summed E-state index contributed by atoms with van der Waals surface area (Å²) < 4.78 is 0. The molecule has 0 saturated heterocycles. The molecule has 0 unspecified atom stereocenters. The van der Waals surface area contributed by atoms with Crippen molar-refractivity contribution >= 4 is 0 Å². The molecule has 2 aromatic carbocycles. The number of benzene rings is 2. The van der Waals surface area contributed by atoms with E-state index >= 15 is 0 Å². The van der Waals surface area contributed by atoms with E-state index in [-0.39, 0.29) is 0 Å². The molecule has 2 rings (SSSR count). The van der Waals surface area contributed by atoms with Crippen LogP contribution in [0.25, 0.3) is 11.1 Å². The van der Waals surface area contributed by atoms with E-state index in [1.54, 1.807) is 0 Å². The maximum atomic E-state index is 3.17. The minimum Gasteiger partial charge on any atom is -0.0951 e. The van der Waals surface area contributed by atoms with Gasteiger partial charge < -0.3 is 0 Å². The van der Waals surface area contributed by atoms with Gasteiger partial charge in [-0.25, -0.2) is 0 Å². The summed E-state index contributed by atoms with van der Waals surface area (Å²) >= 11 is 0. The lowest BCUT2D eigenvalue weighted by atomic mass is 10.0. The van der Waals surface area contributed by atoms with Crippen LogP contribution in [-0.4, -0.2) is 0 Å². The van der Waals surface area contributed by atoms with Gasteiger partial charge in [0.2, 0.25) is 0 Å². The molecule has 0 saturated carbocycles. The normalized spacial score (nSPS) is 9.82. The Bertz CT molecular complexity index is 522. The molecule has 0 amide bonds. The van der Waals surface area contributed by atoms with Crippen molar-refractivity contribution in [1.29, 1.82) is 0 Å². The Morgan fingerprint density at radius 2 is 1.35 bits per heavy atom. The van der Waals surface area contributed by atoms with Crippen LogP contribution in [0.3, 0.4) is 0 Å². The zero-order valence-corrected chi connectivity index (χ0v) is 10.3. The first-order chi connectivity index (χ1) is 8.25. The topological polar surface area (TPSA) is 0 Å². The second-order valence-corrected chi connectivity index (χ2v) is 4.37. The molecule has 0 heterocycles. The van der Waals surface area contributed by atoms with Crippen LogP contribution in [0.15, 0.2) is 54.6 Å². The highest BCUT2D eigenvalue weighted by Gasteiger charge is 1.95. The molecule has 0 fully saturated rings. The largest absolute Gasteiger partial charge is 0.0951 e. The van der Waals surface area contributed by atoms with Gasteiger partial charge in [-0.05, 0) is 23.3 Å². The summed E-state index contributed by atoms with van der Waals surface area (Å²) in [6.45, 7) is 4.21. The predicted octanol–water partition coefficient (Wildman–Crippen LogP) is 4.36. The van der Waals surface area contributed by atoms with E-state index in [4.69, 9.17) is 0 Å². The van der Waals surface area contributed by atoms with Crippen molar-refractivity contribution in [3.8, 4) is 23.0 Å². The molecule has 0 spiro atoms. The quantitative estimate of drug-likeness (QED) is 0.626. The summed E-state index contributed by atoms with van der Waals surface area (Å²) in [5.41, 5.74) is 3.56. The second kappa shape index (κ2) is 5.37. The second-order valence-electron chi connectivity index (χ2n) is 4.37. The predicted molar refractivity (Wildman–Crippen MR) is 73.6 cm³/mol. The highest BCUT2D eigenvalue weighted by molar-refractivity contribution is 5.64. The molecule has 0 nitrogen and oxygen atoms in total. The summed E-state index contributed by atoms with van der Waals surface area (Å²) in [5.74, 6) is 6.76. The number of hydrogen-bond donors (Lipinski definition) is 0. The van der Waals surface area contributed by atoms with Gasteiger partial charge in [0.05, 0.1) is 0 Å². The van der Waals surface area contributed by atoms with Crippen molar-refractivity contribution in [2.45, 2.75) is 13.8 Å². The third kappa shape index (κ3) is 3.23. The van der Waals surface area contributed by atoms with Crippen LogP contribution in [0.2, 0.25) is 0 Å². The van der Waals surface area contributed by atoms with Gasteiger partial charge in [-0.1, -0.05) is 68.2 Å². The lowest BCUT2D eigenvalue weighted by Gasteiger charge is -2.00. The highest BCUT2D eigenvalue weighted by Crippen LogP contribution is 2.18. The lowest BCUT2D eigenvalue weighted by molar-refractivity contribution is 0.866. The van der Waals surface area contributed by atoms with E-state index in [9.17, 15) is 0 Å². The van der Waals surface area contributed by atoms with Crippen LogP contribution in [-0.2, 0) is 0 Å². The van der Waals surface area contributed by atoms with Crippen molar-refractivity contribution in [3.05, 3.63) is 60.2 Å². The molecular weight excluding hydrogens is 204 g/mol. The van der Waals surface area contributed by atoms with Gasteiger partial charge in [0.15, 0.2) is 0 Å². The summed E-state index contributed by atoms with van der Waals surface area (Å²) in [6, 6.07) is 18.8. The van der Waals surface area contributed by atoms with Gasteiger partial charge in [0.1, 0.15) is 0 Å². The summed E-state index contributed by atoms with van der Waals surface area (Å²) in [6.07, 6.45) is 0. The summed E-state index contributed by atoms with van der Waals surface area (Å²) in [7, 11) is 0. The number of rotatable bonds is 1. The minimum absolute atomic E-state index is 0.420. The average Bonchev–Trinajstić information content (AvgIpc) is 2.38. The van der Waals surface area contributed by atoms with Crippen molar-refractivity contribution in [3.63, 3.8) is 0 Å². The maximum absolute atomic E-state index is 3.17. The van der Waals surface area contributed by atoms with Gasteiger partial charge in [-0.2, -0.15) is 0 Å². The smallest absolute Gasteiger partial charge is 0.0245 e. The molecule has 0 aliphatic carbocycles. The first-order valence-corrected chi connectivity index (χ1v) is 5.93. The van der Waals surface area contributed by atoms with E-state index in [2.05, 4.69) is 74.2 Å². The zero-order valence-electron chi connectivity index (χ0n) is 10.3. The van der Waals surface area contributed by atoms with Crippen LogP contribution in [0.5, 0.6) is 0 Å². The molecular formula is C17H16. The minimum atomic E-state index is 0.420. The molecule has 84 valence electrons. The van der Waals surface area contributed by atoms with E-state index in [1.807, 2.05) is 6.07 Å². The lowest BCUT2D eigenvalue weighted by Crippen LogP contribution is -1.81. The van der Waals surface area contributed by atoms with Crippen molar-refractivity contribution in [1.82, 2.24) is 0 Å².